The van der Waals surface area contributed by atoms with Crippen LogP contribution >= 0.6 is 11.3 Å². The van der Waals surface area contributed by atoms with Crippen LogP contribution in [0.15, 0.2) is 64.4 Å². The van der Waals surface area contributed by atoms with E-state index in [0.717, 1.165) is 41.6 Å². The SMILES string of the molecule is Cc1ccc(CN(Cc2ccccc2)C(=O)CN(CCN2CCOCC2)C(=O)Cc2cccs2)o1. The topological polar surface area (TPSA) is 66.2 Å². The van der Waals surface area contributed by atoms with Gasteiger partial charge in [-0.05, 0) is 36.1 Å². The Morgan fingerprint density at radius 3 is 2.43 bits per heavy atom. The van der Waals surface area contributed by atoms with E-state index in [0.29, 0.717) is 39.3 Å². The molecular formula is C27H33N3O4S. The zero-order valence-corrected chi connectivity index (χ0v) is 21.0. The molecule has 0 spiro atoms. The quantitative estimate of drug-likeness (QED) is 0.407. The number of nitrogens with zero attached hydrogens (tertiary/aromatic N) is 3. The maximum atomic E-state index is 13.6. The highest BCUT2D eigenvalue weighted by Crippen LogP contribution is 2.15. The van der Waals surface area contributed by atoms with Gasteiger partial charge >= 0.3 is 0 Å². The second-order valence-electron chi connectivity index (χ2n) is 8.77. The van der Waals surface area contributed by atoms with Crippen molar-refractivity contribution in [2.24, 2.45) is 0 Å². The number of morpholine rings is 1. The summed E-state index contributed by atoms with van der Waals surface area (Å²) in [4.78, 5) is 33.6. The number of hydrogen-bond acceptors (Lipinski definition) is 6. The first-order valence-corrected chi connectivity index (χ1v) is 12.9. The largest absolute Gasteiger partial charge is 0.464 e. The third-order valence-corrected chi connectivity index (χ3v) is 6.96. The van der Waals surface area contributed by atoms with E-state index in [2.05, 4.69) is 4.90 Å². The molecule has 8 heteroatoms. The first-order valence-electron chi connectivity index (χ1n) is 12.0. The van der Waals surface area contributed by atoms with Gasteiger partial charge in [-0.15, -0.1) is 11.3 Å². The van der Waals surface area contributed by atoms with E-state index < -0.39 is 0 Å². The molecule has 1 saturated heterocycles. The van der Waals surface area contributed by atoms with Crippen LogP contribution in [0.4, 0.5) is 0 Å². The molecule has 0 aliphatic carbocycles. The normalized spacial score (nSPS) is 14.1. The zero-order valence-electron chi connectivity index (χ0n) is 20.2. The molecule has 7 nitrogen and oxygen atoms in total. The van der Waals surface area contributed by atoms with Gasteiger partial charge in [0.25, 0.3) is 0 Å². The number of furan rings is 1. The lowest BCUT2D eigenvalue weighted by Gasteiger charge is -2.31. The Bertz CT molecular complexity index is 1060. The van der Waals surface area contributed by atoms with Crippen LogP contribution in [0.2, 0.25) is 0 Å². The van der Waals surface area contributed by atoms with Crippen molar-refractivity contribution in [3.8, 4) is 0 Å². The lowest BCUT2D eigenvalue weighted by molar-refractivity contribution is -0.141. The third-order valence-electron chi connectivity index (χ3n) is 6.09. The standard InChI is InChI=1S/C27H33N3O4S/c1-22-9-10-24(34-22)20-30(19-23-6-3-2-4-7-23)27(32)21-29(12-11-28-13-15-33-16-14-28)26(31)18-25-8-5-17-35-25/h2-10,17H,11-16,18-21H2,1H3. The van der Waals surface area contributed by atoms with Gasteiger partial charge in [-0.25, -0.2) is 0 Å². The zero-order chi connectivity index (χ0) is 24.5. The van der Waals surface area contributed by atoms with Crippen LogP contribution in [0.3, 0.4) is 0 Å². The molecule has 0 atom stereocenters. The minimum Gasteiger partial charge on any atom is -0.464 e. The summed E-state index contributed by atoms with van der Waals surface area (Å²) in [5.41, 5.74) is 1.04. The number of benzene rings is 1. The fourth-order valence-electron chi connectivity index (χ4n) is 4.11. The average Bonchev–Trinajstić information content (AvgIpc) is 3.54. The minimum absolute atomic E-state index is 0.0254. The molecule has 1 aromatic carbocycles. The summed E-state index contributed by atoms with van der Waals surface area (Å²) < 4.78 is 11.2. The van der Waals surface area contributed by atoms with Crippen LogP contribution in [0.5, 0.6) is 0 Å². The van der Waals surface area contributed by atoms with Gasteiger partial charge in [0, 0.05) is 37.6 Å². The Morgan fingerprint density at radius 2 is 1.74 bits per heavy atom. The number of ether oxygens (including phenoxy) is 1. The van der Waals surface area contributed by atoms with Gasteiger partial charge < -0.3 is 19.0 Å². The lowest BCUT2D eigenvalue weighted by Crippen LogP contribution is -2.47. The van der Waals surface area contributed by atoms with Crippen LogP contribution in [0, 0.1) is 6.92 Å². The summed E-state index contributed by atoms with van der Waals surface area (Å²) in [6.45, 7) is 7.08. The fourth-order valence-corrected chi connectivity index (χ4v) is 4.81. The predicted molar refractivity (Wildman–Crippen MR) is 136 cm³/mol. The lowest BCUT2D eigenvalue weighted by atomic mass is 10.2. The molecule has 1 fully saturated rings. The number of rotatable bonds is 11. The Morgan fingerprint density at radius 1 is 0.943 bits per heavy atom. The number of amides is 2. The van der Waals surface area contributed by atoms with E-state index >= 15 is 0 Å². The Hall–Kier alpha value is -2.94. The molecule has 3 aromatic rings. The second kappa shape index (κ2) is 12.7. The summed E-state index contributed by atoms with van der Waals surface area (Å²) in [6, 6.07) is 17.6. The molecule has 0 saturated carbocycles. The molecule has 4 rings (SSSR count). The Labute approximate surface area is 210 Å². The molecule has 2 aromatic heterocycles. The molecule has 2 amide bonds. The van der Waals surface area contributed by atoms with E-state index in [1.807, 2.05) is 66.9 Å². The molecule has 186 valence electrons. The van der Waals surface area contributed by atoms with Crippen LogP contribution in [-0.2, 0) is 33.8 Å². The van der Waals surface area contributed by atoms with Crippen molar-refractivity contribution in [1.29, 1.82) is 0 Å². The van der Waals surface area contributed by atoms with Gasteiger partial charge in [0.15, 0.2) is 0 Å². The molecule has 0 bridgehead atoms. The van der Waals surface area contributed by atoms with Gasteiger partial charge in [0.2, 0.25) is 11.8 Å². The highest BCUT2D eigenvalue weighted by molar-refractivity contribution is 7.10. The molecule has 1 aliphatic heterocycles. The van der Waals surface area contributed by atoms with E-state index in [1.54, 1.807) is 21.1 Å². The van der Waals surface area contributed by atoms with Crippen molar-refractivity contribution >= 4 is 23.2 Å². The fraction of sp³-hybridized carbons (Fsp3) is 0.407. The highest BCUT2D eigenvalue weighted by atomic mass is 32.1. The highest BCUT2D eigenvalue weighted by Gasteiger charge is 2.24. The molecule has 0 unspecified atom stereocenters. The van der Waals surface area contributed by atoms with E-state index in [1.165, 1.54) is 0 Å². The average molecular weight is 496 g/mol. The maximum absolute atomic E-state index is 13.6. The number of aryl methyl sites for hydroxylation is 1. The molecule has 0 radical (unpaired) electrons. The van der Waals surface area contributed by atoms with Crippen molar-refractivity contribution < 1.29 is 18.7 Å². The smallest absolute Gasteiger partial charge is 0.242 e. The minimum atomic E-state index is -0.0931. The number of carbonyl (C=O) groups is 2. The van der Waals surface area contributed by atoms with Gasteiger partial charge in [-0.1, -0.05) is 36.4 Å². The molecule has 35 heavy (non-hydrogen) atoms. The van der Waals surface area contributed by atoms with Gasteiger partial charge in [-0.2, -0.15) is 0 Å². The first kappa shape index (κ1) is 25.2. The van der Waals surface area contributed by atoms with Gasteiger partial charge in [0.05, 0.1) is 32.7 Å². The molecule has 0 N–H and O–H groups in total. The van der Waals surface area contributed by atoms with Crippen molar-refractivity contribution in [2.45, 2.75) is 26.4 Å². The van der Waals surface area contributed by atoms with Crippen LogP contribution in [-0.4, -0.2) is 72.5 Å². The summed E-state index contributed by atoms with van der Waals surface area (Å²) in [5.74, 6) is 1.42. The molecule has 1 aliphatic rings. The van der Waals surface area contributed by atoms with Crippen molar-refractivity contribution in [3.63, 3.8) is 0 Å². The van der Waals surface area contributed by atoms with Crippen molar-refractivity contribution in [3.05, 3.63) is 81.9 Å². The van der Waals surface area contributed by atoms with Crippen LogP contribution in [0.1, 0.15) is 22.0 Å². The van der Waals surface area contributed by atoms with Crippen molar-refractivity contribution in [2.75, 3.05) is 45.9 Å². The van der Waals surface area contributed by atoms with E-state index in [-0.39, 0.29) is 18.4 Å². The summed E-state index contributed by atoms with van der Waals surface area (Å²) in [7, 11) is 0. The van der Waals surface area contributed by atoms with E-state index in [4.69, 9.17) is 9.15 Å². The summed E-state index contributed by atoms with van der Waals surface area (Å²) in [6.07, 6.45) is 0.310. The Kier molecular flexibility index (Phi) is 9.11. The van der Waals surface area contributed by atoms with E-state index in [9.17, 15) is 9.59 Å². The second-order valence-corrected chi connectivity index (χ2v) is 9.81. The number of carbonyl (C=O) groups excluding carboxylic acids is 2. The number of thiophene rings is 1. The number of hydrogen-bond donors (Lipinski definition) is 0. The summed E-state index contributed by atoms with van der Waals surface area (Å²) in [5, 5.41) is 1.97. The first-order chi connectivity index (χ1) is 17.1. The van der Waals surface area contributed by atoms with Crippen LogP contribution in [0.25, 0.3) is 0 Å². The Balaban J connectivity index is 1.47. The monoisotopic (exact) mass is 495 g/mol. The maximum Gasteiger partial charge on any atom is 0.242 e. The predicted octanol–water partition coefficient (Wildman–Crippen LogP) is 3.58. The van der Waals surface area contributed by atoms with Gasteiger partial charge in [0.1, 0.15) is 11.5 Å². The van der Waals surface area contributed by atoms with Crippen molar-refractivity contribution in [1.82, 2.24) is 14.7 Å². The molecular weight excluding hydrogens is 462 g/mol. The summed E-state index contributed by atoms with van der Waals surface area (Å²) >= 11 is 1.56. The van der Waals surface area contributed by atoms with Gasteiger partial charge in [-0.3, -0.25) is 14.5 Å². The van der Waals surface area contributed by atoms with Crippen LogP contribution < -0.4 is 0 Å². The molecule has 3 heterocycles. The third kappa shape index (κ3) is 7.78.